The van der Waals surface area contributed by atoms with E-state index in [2.05, 4.69) is 32.2 Å². The van der Waals surface area contributed by atoms with Gasteiger partial charge in [-0.1, -0.05) is 48.5 Å². The predicted octanol–water partition coefficient (Wildman–Crippen LogP) is 7.11. The zero-order chi connectivity index (χ0) is 26.6. The van der Waals surface area contributed by atoms with Crippen LogP contribution in [-0.2, 0) is 0 Å². The summed E-state index contributed by atoms with van der Waals surface area (Å²) in [5.74, 6) is 0.210. The summed E-state index contributed by atoms with van der Waals surface area (Å²) < 4.78 is 0. The smallest absolute Gasteiger partial charge is 0.274 e. The maximum atomic E-state index is 12.7. The number of amides is 1. The number of benzene rings is 2. The Morgan fingerprint density at radius 2 is 1.68 bits per heavy atom. The van der Waals surface area contributed by atoms with Crippen LogP contribution in [0.4, 0.5) is 17.2 Å². The quantitative estimate of drug-likeness (QED) is 0.222. The number of carbonyl (C=O) groups excluding carboxylic acids is 2. The molecule has 38 heavy (non-hydrogen) atoms. The van der Waals surface area contributed by atoms with Gasteiger partial charge in [-0.2, -0.15) is 0 Å². The minimum Gasteiger partial charge on any atom is -0.338 e. The molecule has 0 aliphatic carbocycles. The van der Waals surface area contributed by atoms with E-state index < -0.39 is 5.91 Å². The SMILES string of the molecule is C=Cc1cnc2c(Nc3cccc(-c4cccc(NC(=O)c5ccc(C=O)cn5)c4Cl)c3C)nccc2c1. The molecule has 2 N–H and O–H groups in total. The zero-order valence-electron chi connectivity index (χ0n) is 20.4. The van der Waals surface area contributed by atoms with Crippen LogP contribution in [0.2, 0.25) is 5.02 Å². The van der Waals surface area contributed by atoms with Crippen LogP contribution in [0.1, 0.15) is 32.0 Å². The van der Waals surface area contributed by atoms with Crippen molar-refractivity contribution in [2.45, 2.75) is 6.92 Å². The Morgan fingerprint density at radius 3 is 2.42 bits per heavy atom. The molecule has 0 unspecified atom stereocenters. The first-order valence-corrected chi connectivity index (χ1v) is 12.1. The summed E-state index contributed by atoms with van der Waals surface area (Å²) in [7, 11) is 0. The zero-order valence-corrected chi connectivity index (χ0v) is 21.2. The van der Waals surface area contributed by atoms with Gasteiger partial charge in [0.25, 0.3) is 5.91 Å². The number of carbonyl (C=O) groups is 2. The number of anilines is 3. The Bertz CT molecular complexity index is 1700. The number of rotatable bonds is 7. The average Bonchev–Trinajstić information content (AvgIpc) is 2.95. The molecule has 186 valence electrons. The number of nitrogens with one attached hydrogen (secondary N) is 2. The molecule has 2 aromatic carbocycles. The Kier molecular flexibility index (Phi) is 6.93. The van der Waals surface area contributed by atoms with E-state index in [4.69, 9.17) is 11.6 Å². The lowest BCUT2D eigenvalue weighted by atomic mass is 9.98. The highest BCUT2D eigenvalue weighted by Crippen LogP contribution is 2.38. The number of aldehydes is 1. The van der Waals surface area contributed by atoms with E-state index in [1.54, 1.807) is 24.5 Å². The van der Waals surface area contributed by atoms with Gasteiger partial charge < -0.3 is 10.6 Å². The number of fused-ring (bicyclic) bond motifs is 1. The maximum Gasteiger partial charge on any atom is 0.274 e. The largest absolute Gasteiger partial charge is 0.338 e. The molecular formula is C30H22ClN5O2. The molecule has 0 saturated carbocycles. The molecule has 7 nitrogen and oxygen atoms in total. The van der Waals surface area contributed by atoms with Crippen molar-refractivity contribution in [1.82, 2.24) is 15.0 Å². The van der Waals surface area contributed by atoms with E-state index in [9.17, 15) is 9.59 Å². The summed E-state index contributed by atoms with van der Waals surface area (Å²) in [5, 5.41) is 7.58. The highest BCUT2D eigenvalue weighted by atomic mass is 35.5. The Hall–Kier alpha value is -4.88. The molecule has 8 heteroatoms. The fraction of sp³-hybridized carbons (Fsp3) is 0.0333. The molecule has 0 atom stereocenters. The highest BCUT2D eigenvalue weighted by molar-refractivity contribution is 6.36. The lowest BCUT2D eigenvalue weighted by Gasteiger charge is -2.16. The number of hydrogen-bond donors (Lipinski definition) is 2. The molecule has 0 aliphatic heterocycles. The average molecular weight is 520 g/mol. The van der Waals surface area contributed by atoms with Crippen molar-refractivity contribution >= 4 is 58.0 Å². The fourth-order valence-electron chi connectivity index (χ4n) is 4.10. The molecule has 3 heterocycles. The normalized spacial score (nSPS) is 10.7. The van der Waals surface area contributed by atoms with Crippen LogP contribution in [0, 0.1) is 6.92 Å². The van der Waals surface area contributed by atoms with Crippen LogP contribution in [0.15, 0.2) is 85.8 Å². The summed E-state index contributed by atoms with van der Waals surface area (Å²) in [4.78, 5) is 36.7. The second-order valence-electron chi connectivity index (χ2n) is 8.52. The van der Waals surface area contributed by atoms with Crippen LogP contribution in [0.3, 0.4) is 0 Å². The summed E-state index contributed by atoms with van der Waals surface area (Å²) in [5.41, 5.74) is 6.15. The fourth-order valence-corrected chi connectivity index (χ4v) is 4.38. The van der Waals surface area contributed by atoms with E-state index in [1.165, 1.54) is 18.3 Å². The molecular weight excluding hydrogens is 498 g/mol. The Morgan fingerprint density at radius 1 is 0.921 bits per heavy atom. The van der Waals surface area contributed by atoms with Crippen LogP contribution in [0.5, 0.6) is 0 Å². The highest BCUT2D eigenvalue weighted by Gasteiger charge is 2.16. The molecule has 0 bridgehead atoms. The summed E-state index contributed by atoms with van der Waals surface area (Å²) in [6.45, 7) is 5.80. The third kappa shape index (κ3) is 4.87. The molecule has 0 radical (unpaired) electrons. The number of aromatic nitrogens is 3. The first-order valence-electron chi connectivity index (χ1n) is 11.7. The van der Waals surface area contributed by atoms with Crippen molar-refractivity contribution in [3.05, 3.63) is 113 Å². The third-order valence-electron chi connectivity index (χ3n) is 6.14. The van der Waals surface area contributed by atoms with Gasteiger partial charge in [-0.3, -0.25) is 19.6 Å². The monoisotopic (exact) mass is 519 g/mol. The molecule has 5 aromatic rings. The molecule has 0 spiro atoms. The standard InChI is InChI=1S/C30H22ClN5O2/c1-3-19-14-21-12-13-32-29(28(21)34-15-19)35-24-8-4-6-22(18(24)2)23-7-5-9-25(27(23)31)36-30(38)26-11-10-20(17-37)16-33-26/h3-17H,1H2,2H3,(H,32,35)(H,36,38). The summed E-state index contributed by atoms with van der Waals surface area (Å²) in [6.07, 6.45) is 7.28. The van der Waals surface area contributed by atoms with E-state index in [-0.39, 0.29) is 5.69 Å². The van der Waals surface area contributed by atoms with Crippen LogP contribution in [-0.4, -0.2) is 27.1 Å². The van der Waals surface area contributed by atoms with Crippen molar-refractivity contribution in [3.8, 4) is 11.1 Å². The third-order valence-corrected chi connectivity index (χ3v) is 6.54. The van der Waals surface area contributed by atoms with Gasteiger partial charge in [0.1, 0.15) is 11.2 Å². The second kappa shape index (κ2) is 10.6. The first-order chi connectivity index (χ1) is 18.5. The molecule has 0 aliphatic rings. The maximum absolute atomic E-state index is 12.7. The van der Waals surface area contributed by atoms with Gasteiger partial charge in [-0.15, -0.1) is 0 Å². The topological polar surface area (TPSA) is 96.9 Å². The van der Waals surface area contributed by atoms with Crippen molar-refractivity contribution in [1.29, 1.82) is 0 Å². The van der Waals surface area contributed by atoms with Crippen molar-refractivity contribution in [2.24, 2.45) is 0 Å². The van der Waals surface area contributed by atoms with E-state index >= 15 is 0 Å². The predicted molar refractivity (Wildman–Crippen MR) is 152 cm³/mol. The molecule has 1 amide bonds. The number of nitrogens with zero attached hydrogens (tertiary/aromatic N) is 3. The number of halogens is 1. The summed E-state index contributed by atoms with van der Waals surface area (Å²) in [6, 6.07) is 18.3. The van der Waals surface area contributed by atoms with Gasteiger partial charge in [0.15, 0.2) is 12.1 Å². The van der Waals surface area contributed by atoms with Gasteiger partial charge in [-0.05, 0) is 60.0 Å². The van der Waals surface area contributed by atoms with Crippen LogP contribution in [0.25, 0.3) is 28.1 Å². The van der Waals surface area contributed by atoms with Crippen LogP contribution >= 0.6 is 11.6 Å². The number of hydrogen-bond acceptors (Lipinski definition) is 6. The molecule has 5 rings (SSSR count). The minimum absolute atomic E-state index is 0.177. The molecule has 0 saturated heterocycles. The Balaban J connectivity index is 1.46. The van der Waals surface area contributed by atoms with E-state index in [1.807, 2.05) is 49.4 Å². The molecule has 0 fully saturated rings. The van der Waals surface area contributed by atoms with Gasteiger partial charge in [0.05, 0.1) is 10.7 Å². The van der Waals surface area contributed by atoms with Crippen molar-refractivity contribution in [2.75, 3.05) is 10.6 Å². The second-order valence-corrected chi connectivity index (χ2v) is 8.90. The van der Waals surface area contributed by atoms with Gasteiger partial charge in [0, 0.05) is 40.8 Å². The van der Waals surface area contributed by atoms with Gasteiger partial charge in [-0.25, -0.2) is 4.98 Å². The van der Waals surface area contributed by atoms with E-state index in [0.717, 1.165) is 38.8 Å². The van der Waals surface area contributed by atoms with Crippen LogP contribution < -0.4 is 10.6 Å². The Labute approximate surface area is 224 Å². The van der Waals surface area contributed by atoms with Gasteiger partial charge in [0.2, 0.25) is 0 Å². The number of pyridine rings is 3. The van der Waals surface area contributed by atoms with Crippen molar-refractivity contribution in [3.63, 3.8) is 0 Å². The molecule has 3 aromatic heterocycles. The lowest BCUT2D eigenvalue weighted by molar-refractivity contribution is 0.102. The van der Waals surface area contributed by atoms with Crippen molar-refractivity contribution < 1.29 is 9.59 Å². The summed E-state index contributed by atoms with van der Waals surface area (Å²) >= 11 is 6.78. The minimum atomic E-state index is -0.428. The lowest BCUT2D eigenvalue weighted by Crippen LogP contribution is -2.14. The van der Waals surface area contributed by atoms with Gasteiger partial charge >= 0.3 is 0 Å². The van der Waals surface area contributed by atoms with E-state index in [0.29, 0.717) is 28.4 Å². The first kappa shape index (κ1) is 24.8.